The Hall–Kier alpha value is -4.66. The van der Waals surface area contributed by atoms with E-state index in [0.29, 0.717) is 17.2 Å². The van der Waals surface area contributed by atoms with Gasteiger partial charge in [-0.05, 0) is 47.5 Å². The molecule has 0 saturated heterocycles. The molecule has 4 rings (SSSR count). The van der Waals surface area contributed by atoms with Crippen molar-refractivity contribution in [2.24, 2.45) is 0 Å². The number of nitrogens with zero attached hydrogens (tertiary/aromatic N) is 2. The summed E-state index contributed by atoms with van der Waals surface area (Å²) in [7, 11) is 3.08. The van der Waals surface area contributed by atoms with Crippen molar-refractivity contribution in [1.82, 2.24) is 9.97 Å². The van der Waals surface area contributed by atoms with Gasteiger partial charge in [0.2, 0.25) is 0 Å². The number of aromatic hydroxyl groups is 3. The minimum absolute atomic E-state index is 0.000283. The third-order valence-corrected chi connectivity index (χ3v) is 5.30. The van der Waals surface area contributed by atoms with Crippen LogP contribution in [0.25, 0.3) is 11.3 Å². The maximum Gasteiger partial charge on any atom is 0.258 e. The number of aromatic nitrogens is 2. The molecule has 34 heavy (non-hydrogen) atoms. The van der Waals surface area contributed by atoms with Crippen molar-refractivity contribution in [3.63, 3.8) is 0 Å². The zero-order chi connectivity index (χ0) is 24.2. The van der Waals surface area contributed by atoms with Crippen molar-refractivity contribution in [2.45, 2.75) is 6.54 Å². The molecule has 9 heteroatoms. The fraction of sp³-hybridized carbons (Fsp3) is 0.120. The molecule has 4 aromatic rings. The van der Waals surface area contributed by atoms with E-state index in [0.717, 1.165) is 29.0 Å². The number of hydrogen-bond acceptors (Lipinski definition) is 7. The van der Waals surface area contributed by atoms with E-state index in [1.54, 1.807) is 42.9 Å². The average molecular weight is 461 g/mol. The van der Waals surface area contributed by atoms with Crippen LogP contribution in [0.15, 0.2) is 67.1 Å². The van der Waals surface area contributed by atoms with E-state index in [9.17, 15) is 20.1 Å². The molecule has 0 saturated carbocycles. The smallest absolute Gasteiger partial charge is 0.258 e. The molecule has 0 unspecified atom stereocenters. The molecule has 1 aromatic heterocycles. The second-order valence-electron chi connectivity index (χ2n) is 7.49. The number of aromatic amines is 1. The van der Waals surface area contributed by atoms with Gasteiger partial charge in [0.15, 0.2) is 17.2 Å². The molecule has 0 atom stereocenters. The summed E-state index contributed by atoms with van der Waals surface area (Å²) in [4.78, 5) is 22.1. The fourth-order valence-electron chi connectivity index (χ4n) is 3.54. The van der Waals surface area contributed by atoms with Crippen molar-refractivity contribution in [3.8, 4) is 40.0 Å². The van der Waals surface area contributed by atoms with Crippen LogP contribution in [-0.4, -0.2) is 45.4 Å². The van der Waals surface area contributed by atoms with Gasteiger partial charge in [-0.25, -0.2) is 4.98 Å². The number of nitrogens with one attached hydrogen (secondary N) is 1. The van der Waals surface area contributed by atoms with E-state index in [-0.39, 0.29) is 12.1 Å². The van der Waals surface area contributed by atoms with Crippen LogP contribution in [0.4, 0.5) is 5.69 Å². The Balaban J connectivity index is 1.75. The molecule has 0 aliphatic carbocycles. The Morgan fingerprint density at radius 1 is 0.941 bits per heavy atom. The summed E-state index contributed by atoms with van der Waals surface area (Å²) < 4.78 is 10.7. The maximum atomic E-state index is 13.5. The number of hydrogen-bond donors (Lipinski definition) is 4. The highest BCUT2D eigenvalue weighted by Crippen LogP contribution is 2.36. The maximum absolute atomic E-state index is 13.5. The number of H-pyrrole nitrogens is 1. The molecule has 4 N–H and O–H groups in total. The molecule has 174 valence electrons. The molecular weight excluding hydrogens is 438 g/mol. The quantitative estimate of drug-likeness (QED) is 0.306. The van der Waals surface area contributed by atoms with Crippen LogP contribution in [0.1, 0.15) is 15.9 Å². The first-order valence-corrected chi connectivity index (χ1v) is 10.3. The van der Waals surface area contributed by atoms with Gasteiger partial charge in [0, 0.05) is 17.3 Å². The van der Waals surface area contributed by atoms with E-state index in [4.69, 9.17) is 9.47 Å². The second kappa shape index (κ2) is 9.45. The van der Waals surface area contributed by atoms with E-state index >= 15 is 0 Å². The van der Waals surface area contributed by atoms with Gasteiger partial charge in [0.25, 0.3) is 5.91 Å². The number of amides is 1. The second-order valence-corrected chi connectivity index (χ2v) is 7.49. The average Bonchev–Trinajstić information content (AvgIpc) is 3.40. The SMILES string of the molecule is COc1cc(CN(C(=O)c2cc(O)c(O)c(O)c2)c2ccc(-c3cnc[nH]3)cc2)cc(OC)c1. The summed E-state index contributed by atoms with van der Waals surface area (Å²) in [6.45, 7) is 0.137. The first-order valence-electron chi connectivity index (χ1n) is 10.3. The van der Waals surface area contributed by atoms with Crippen LogP contribution in [0.3, 0.4) is 0 Å². The monoisotopic (exact) mass is 461 g/mol. The summed E-state index contributed by atoms with van der Waals surface area (Å²) in [6, 6.07) is 14.8. The van der Waals surface area contributed by atoms with Crippen molar-refractivity contribution in [2.75, 3.05) is 19.1 Å². The van der Waals surface area contributed by atoms with E-state index in [1.807, 2.05) is 12.1 Å². The number of ether oxygens (including phenoxy) is 2. The van der Waals surface area contributed by atoms with Crippen molar-refractivity contribution in [3.05, 3.63) is 78.2 Å². The van der Waals surface area contributed by atoms with Crippen LogP contribution in [0.2, 0.25) is 0 Å². The number of methoxy groups -OCH3 is 2. The minimum atomic E-state index is -0.690. The zero-order valence-electron chi connectivity index (χ0n) is 18.5. The largest absolute Gasteiger partial charge is 0.504 e. The lowest BCUT2D eigenvalue weighted by Gasteiger charge is -2.24. The molecule has 3 aromatic carbocycles. The van der Waals surface area contributed by atoms with Gasteiger partial charge in [-0.1, -0.05) is 12.1 Å². The number of benzene rings is 3. The van der Waals surface area contributed by atoms with E-state index in [1.165, 1.54) is 19.1 Å². The Morgan fingerprint density at radius 2 is 1.56 bits per heavy atom. The van der Waals surface area contributed by atoms with Gasteiger partial charge < -0.3 is 34.7 Å². The number of carbonyl (C=O) groups is 1. The highest BCUT2D eigenvalue weighted by molar-refractivity contribution is 6.06. The Labute approximate surface area is 195 Å². The van der Waals surface area contributed by atoms with Crippen LogP contribution in [0.5, 0.6) is 28.7 Å². The van der Waals surface area contributed by atoms with Crippen molar-refractivity contribution in [1.29, 1.82) is 0 Å². The van der Waals surface area contributed by atoms with Crippen LogP contribution < -0.4 is 14.4 Å². The molecule has 9 nitrogen and oxygen atoms in total. The molecular formula is C25H23N3O6. The summed E-state index contributed by atoms with van der Waals surface area (Å²) in [6.07, 6.45) is 3.28. The first-order chi connectivity index (χ1) is 16.4. The number of carbonyl (C=O) groups excluding carboxylic acids is 1. The summed E-state index contributed by atoms with van der Waals surface area (Å²) in [5.74, 6) is -1.25. The minimum Gasteiger partial charge on any atom is -0.504 e. The van der Waals surface area contributed by atoms with Crippen LogP contribution in [0, 0.1) is 0 Å². The lowest BCUT2D eigenvalue weighted by molar-refractivity contribution is 0.0984. The first kappa shape index (κ1) is 22.5. The zero-order valence-corrected chi connectivity index (χ0v) is 18.5. The van der Waals surface area contributed by atoms with Gasteiger partial charge in [0.05, 0.1) is 39.0 Å². The lowest BCUT2D eigenvalue weighted by Crippen LogP contribution is -2.30. The highest BCUT2D eigenvalue weighted by atomic mass is 16.5. The fourth-order valence-corrected chi connectivity index (χ4v) is 3.54. The number of anilines is 1. The normalized spacial score (nSPS) is 10.6. The summed E-state index contributed by atoms with van der Waals surface area (Å²) >= 11 is 0. The van der Waals surface area contributed by atoms with Gasteiger partial charge in [-0.3, -0.25) is 4.79 Å². The lowest BCUT2D eigenvalue weighted by atomic mass is 10.1. The number of phenolic OH excluding ortho intramolecular Hbond substituents is 3. The van der Waals surface area contributed by atoms with Gasteiger partial charge in [-0.2, -0.15) is 0 Å². The van der Waals surface area contributed by atoms with Gasteiger partial charge >= 0.3 is 0 Å². The van der Waals surface area contributed by atoms with E-state index in [2.05, 4.69) is 9.97 Å². The summed E-state index contributed by atoms with van der Waals surface area (Å²) in [5.41, 5.74) is 3.02. The summed E-state index contributed by atoms with van der Waals surface area (Å²) in [5, 5.41) is 29.5. The van der Waals surface area contributed by atoms with Gasteiger partial charge in [-0.15, -0.1) is 0 Å². The molecule has 1 heterocycles. The van der Waals surface area contributed by atoms with Crippen LogP contribution >= 0.6 is 0 Å². The van der Waals surface area contributed by atoms with E-state index < -0.39 is 23.2 Å². The van der Waals surface area contributed by atoms with Crippen molar-refractivity contribution >= 4 is 11.6 Å². The third kappa shape index (κ3) is 4.58. The third-order valence-electron chi connectivity index (χ3n) is 5.30. The molecule has 0 radical (unpaired) electrons. The standard InChI is InChI=1S/C25H23N3O6/c1-33-19-7-15(8-20(11-19)34-2)13-28(25(32)17-9-22(29)24(31)23(30)10-17)18-5-3-16(4-6-18)21-12-26-14-27-21/h3-12,14,29-31H,13H2,1-2H3,(H,26,27). The highest BCUT2D eigenvalue weighted by Gasteiger charge is 2.22. The molecule has 0 aliphatic heterocycles. The Kier molecular flexibility index (Phi) is 6.26. The molecule has 1 amide bonds. The predicted molar refractivity (Wildman–Crippen MR) is 126 cm³/mol. The van der Waals surface area contributed by atoms with Gasteiger partial charge in [0.1, 0.15) is 11.5 Å². The molecule has 0 aliphatic rings. The molecule has 0 spiro atoms. The number of imidazole rings is 1. The molecule has 0 fully saturated rings. The Morgan fingerprint density at radius 3 is 2.09 bits per heavy atom. The topological polar surface area (TPSA) is 128 Å². The Bertz CT molecular complexity index is 1260. The predicted octanol–water partition coefficient (Wildman–Crippen LogP) is 4.06. The molecule has 0 bridgehead atoms. The van der Waals surface area contributed by atoms with Crippen molar-refractivity contribution < 1.29 is 29.6 Å². The number of phenols is 3. The van der Waals surface area contributed by atoms with Crippen LogP contribution in [-0.2, 0) is 6.54 Å². The number of rotatable bonds is 7.